The Labute approximate surface area is 118 Å². The van der Waals surface area contributed by atoms with Gasteiger partial charge in [-0.15, -0.1) is 0 Å². The normalized spacial score (nSPS) is 11.3. The Bertz CT molecular complexity index is 729. The Morgan fingerprint density at radius 3 is 2.65 bits per heavy atom. The zero-order valence-corrected chi connectivity index (χ0v) is 12.3. The van der Waals surface area contributed by atoms with Gasteiger partial charge in [0.05, 0.1) is 7.11 Å². The molecule has 0 aliphatic carbocycles. The lowest BCUT2D eigenvalue weighted by Gasteiger charge is -2.02. The van der Waals surface area contributed by atoms with Crippen molar-refractivity contribution >= 4 is 32.7 Å². The molecule has 20 heavy (non-hydrogen) atoms. The highest BCUT2D eigenvalue weighted by Gasteiger charge is 2.26. The third-order valence-electron chi connectivity index (χ3n) is 2.25. The van der Waals surface area contributed by atoms with Crippen LogP contribution in [0, 0.1) is 13.8 Å². The van der Waals surface area contributed by atoms with Crippen LogP contribution in [-0.2, 0) is 14.8 Å². The molecule has 2 aromatic heterocycles. The molecule has 0 aliphatic rings. The summed E-state index contributed by atoms with van der Waals surface area (Å²) in [5, 5.41) is 3.52. The van der Waals surface area contributed by atoms with Crippen molar-refractivity contribution in [3.8, 4) is 0 Å². The van der Waals surface area contributed by atoms with Gasteiger partial charge in [0.1, 0.15) is 5.69 Å². The maximum atomic E-state index is 12.2. The van der Waals surface area contributed by atoms with Gasteiger partial charge in [0.25, 0.3) is 15.8 Å². The Balaban J connectivity index is 2.30. The SMILES string of the molecule is COC(=O)c1nsc(NS(=O)(=O)c2c(C)noc2C)n1. The first-order valence-corrected chi connectivity index (χ1v) is 7.48. The van der Waals surface area contributed by atoms with Crippen molar-refractivity contribution < 1.29 is 22.5 Å². The number of nitrogens with one attached hydrogen (secondary N) is 1. The quantitative estimate of drug-likeness (QED) is 0.818. The lowest BCUT2D eigenvalue weighted by atomic mass is 10.4. The van der Waals surface area contributed by atoms with E-state index >= 15 is 0 Å². The summed E-state index contributed by atoms with van der Waals surface area (Å²) in [4.78, 5) is 14.9. The van der Waals surface area contributed by atoms with Crippen LogP contribution >= 0.6 is 11.5 Å². The van der Waals surface area contributed by atoms with E-state index in [9.17, 15) is 13.2 Å². The molecule has 2 rings (SSSR count). The molecular weight excluding hydrogens is 308 g/mol. The predicted octanol–water partition coefficient (Wildman–Crippen LogP) is 0.730. The van der Waals surface area contributed by atoms with Crippen molar-refractivity contribution in [2.75, 3.05) is 11.8 Å². The number of sulfonamides is 1. The number of hydrogen-bond acceptors (Lipinski definition) is 9. The molecule has 0 fully saturated rings. The summed E-state index contributed by atoms with van der Waals surface area (Å²) in [5.74, 6) is -0.800. The minimum absolute atomic E-state index is 0.0506. The van der Waals surface area contributed by atoms with Crippen LogP contribution in [0.25, 0.3) is 0 Å². The number of rotatable bonds is 4. The van der Waals surface area contributed by atoms with Crippen molar-refractivity contribution in [3.05, 3.63) is 17.3 Å². The first-order chi connectivity index (χ1) is 9.35. The van der Waals surface area contributed by atoms with E-state index in [4.69, 9.17) is 4.52 Å². The molecule has 9 nitrogen and oxygen atoms in total. The van der Waals surface area contributed by atoms with Gasteiger partial charge in [-0.05, 0) is 13.8 Å². The number of hydrogen-bond donors (Lipinski definition) is 1. The predicted molar refractivity (Wildman–Crippen MR) is 68.0 cm³/mol. The van der Waals surface area contributed by atoms with E-state index in [0.29, 0.717) is 0 Å². The average Bonchev–Trinajstić information content (AvgIpc) is 2.95. The molecule has 0 unspecified atom stereocenters. The molecule has 0 aliphatic heterocycles. The second-order valence-corrected chi connectivity index (χ2v) is 6.04. The van der Waals surface area contributed by atoms with Crippen molar-refractivity contribution in [1.29, 1.82) is 0 Å². The Kier molecular flexibility index (Phi) is 3.72. The molecule has 0 amide bonds. The van der Waals surface area contributed by atoms with Gasteiger partial charge in [0, 0.05) is 11.5 Å². The van der Waals surface area contributed by atoms with Gasteiger partial charge < -0.3 is 9.26 Å². The number of esters is 1. The lowest BCUT2D eigenvalue weighted by Crippen LogP contribution is -2.14. The van der Waals surface area contributed by atoms with E-state index < -0.39 is 16.0 Å². The highest BCUT2D eigenvalue weighted by atomic mass is 32.2. The van der Waals surface area contributed by atoms with E-state index in [1.54, 1.807) is 0 Å². The summed E-state index contributed by atoms with van der Waals surface area (Å²) in [6.07, 6.45) is 0. The molecule has 0 saturated heterocycles. The Hall–Kier alpha value is -2.01. The molecular formula is C9H10N4O5S2. The number of methoxy groups -OCH3 is 1. The third kappa shape index (κ3) is 2.63. The summed E-state index contributed by atoms with van der Waals surface area (Å²) >= 11 is 0.726. The fourth-order valence-corrected chi connectivity index (χ4v) is 3.58. The van der Waals surface area contributed by atoms with Crippen LogP contribution < -0.4 is 4.72 Å². The maximum Gasteiger partial charge on any atom is 0.377 e. The standard InChI is InChI=1S/C9H10N4O5S2/c1-4-6(5(2)18-11-4)20(15,16)13-9-10-7(12-19-9)8(14)17-3/h1-3H3,(H,10,12,13). The van der Waals surface area contributed by atoms with Crippen LogP contribution in [0.5, 0.6) is 0 Å². The second-order valence-electron chi connectivity index (χ2n) is 3.67. The van der Waals surface area contributed by atoms with E-state index in [0.717, 1.165) is 11.5 Å². The van der Waals surface area contributed by atoms with E-state index in [2.05, 4.69) is 24.0 Å². The number of aryl methyl sites for hydroxylation is 2. The highest BCUT2D eigenvalue weighted by molar-refractivity contribution is 7.93. The van der Waals surface area contributed by atoms with E-state index in [-0.39, 0.29) is 27.3 Å². The monoisotopic (exact) mass is 318 g/mol. The van der Waals surface area contributed by atoms with Crippen molar-refractivity contribution in [2.24, 2.45) is 0 Å². The van der Waals surface area contributed by atoms with Gasteiger partial charge >= 0.3 is 5.97 Å². The molecule has 1 N–H and O–H groups in total. The van der Waals surface area contributed by atoms with Crippen LogP contribution in [-0.4, -0.2) is 36.0 Å². The first-order valence-electron chi connectivity index (χ1n) is 5.23. The fraction of sp³-hybridized carbons (Fsp3) is 0.333. The van der Waals surface area contributed by atoms with Gasteiger partial charge in [-0.25, -0.2) is 13.2 Å². The van der Waals surface area contributed by atoms with Gasteiger partial charge in [-0.3, -0.25) is 4.72 Å². The van der Waals surface area contributed by atoms with Crippen LogP contribution in [0.1, 0.15) is 22.1 Å². The smallest absolute Gasteiger partial charge is 0.377 e. The molecule has 2 heterocycles. The Morgan fingerprint density at radius 1 is 1.40 bits per heavy atom. The number of ether oxygens (including phenoxy) is 1. The van der Waals surface area contributed by atoms with Crippen molar-refractivity contribution in [3.63, 3.8) is 0 Å². The van der Waals surface area contributed by atoms with Crippen molar-refractivity contribution in [2.45, 2.75) is 18.7 Å². The molecule has 0 radical (unpaired) electrons. The number of carbonyl (C=O) groups is 1. The van der Waals surface area contributed by atoms with Gasteiger partial charge in [0.15, 0.2) is 10.7 Å². The molecule has 2 aromatic rings. The van der Waals surface area contributed by atoms with Gasteiger partial charge in [-0.2, -0.15) is 9.36 Å². The van der Waals surface area contributed by atoms with E-state index in [1.807, 2.05) is 0 Å². The van der Waals surface area contributed by atoms with Crippen LogP contribution in [0.2, 0.25) is 0 Å². The molecule has 0 bridgehead atoms. The zero-order valence-electron chi connectivity index (χ0n) is 10.7. The summed E-state index contributed by atoms with van der Waals surface area (Å²) < 4.78 is 39.5. The molecule has 0 saturated carbocycles. The number of carbonyl (C=O) groups excluding carboxylic acids is 1. The molecule has 11 heteroatoms. The molecule has 0 spiro atoms. The summed E-state index contributed by atoms with van der Waals surface area (Å²) in [7, 11) is -2.72. The highest BCUT2D eigenvalue weighted by Crippen LogP contribution is 2.23. The lowest BCUT2D eigenvalue weighted by molar-refractivity contribution is 0.0588. The third-order valence-corrected chi connectivity index (χ3v) is 4.59. The van der Waals surface area contributed by atoms with Gasteiger partial charge in [-0.1, -0.05) is 5.16 Å². The van der Waals surface area contributed by atoms with Crippen molar-refractivity contribution in [1.82, 2.24) is 14.5 Å². The minimum Gasteiger partial charge on any atom is -0.463 e. The number of aromatic nitrogens is 3. The summed E-state index contributed by atoms with van der Waals surface area (Å²) in [6.45, 7) is 2.99. The van der Waals surface area contributed by atoms with E-state index in [1.165, 1.54) is 21.0 Å². The average molecular weight is 318 g/mol. The largest absolute Gasteiger partial charge is 0.463 e. The minimum atomic E-state index is -3.90. The zero-order chi connectivity index (χ0) is 14.9. The van der Waals surface area contributed by atoms with Gasteiger partial charge in [0.2, 0.25) is 5.13 Å². The first kappa shape index (κ1) is 14.4. The summed E-state index contributed by atoms with van der Waals surface area (Å²) in [6, 6.07) is 0. The molecule has 0 aromatic carbocycles. The topological polar surface area (TPSA) is 124 Å². The maximum absolute atomic E-state index is 12.2. The van der Waals surface area contributed by atoms with Crippen LogP contribution in [0.4, 0.5) is 5.13 Å². The molecule has 108 valence electrons. The summed E-state index contributed by atoms with van der Waals surface area (Å²) in [5.41, 5.74) is 0.229. The second kappa shape index (κ2) is 5.17. The van der Waals surface area contributed by atoms with Crippen LogP contribution in [0.15, 0.2) is 9.42 Å². The molecule has 0 atom stereocenters. The number of nitrogens with zero attached hydrogens (tertiary/aromatic N) is 3. The Morgan fingerprint density at radius 2 is 2.10 bits per heavy atom. The fourth-order valence-electron chi connectivity index (χ4n) is 1.46. The number of anilines is 1. The van der Waals surface area contributed by atoms with Crippen LogP contribution in [0.3, 0.4) is 0 Å².